The van der Waals surface area contributed by atoms with Crippen LogP contribution in [0.2, 0.25) is 0 Å². The fourth-order valence-corrected chi connectivity index (χ4v) is 1.87. The number of nitrogens with one attached hydrogen (secondary N) is 2. The standard InChI is InChI=1S/C12H15N3O/c1-14-11(12(13)16)6-8-7-15-10-5-3-2-4-9(8)10/h2-5,7,11,14-15H,6H2,1H3,(H2,13,16). The summed E-state index contributed by atoms with van der Waals surface area (Å²) >= 11 is 0. The normalized spacial score (nSPS) is 12.8. The predicted octanol–water partition coefficient (Wildman–Crippen LogP) is 0.784. The number of para-hydroxylation sites is 1. The first kappa shape index (κ1) is 10.7. The van der Waals surface area contributed by atoms with Gasteiger partial charge in [0.2, 0.25) is 5.91 Å². The molecule has 1 aromatic carbocycles. The zero-order valence-corrected chi connectivity index (χ0v) is 9.16. The molecule has 0 bridgehead atoms. The Labute approximate surface area is 93.8 Å². The molecule has 2 rings (SSSR count). The fourth-order valence-electron chi connectivity index (χ4n) is 1.87. The first-order valence-electron chi connectivity index (χ1n) is 5.24. The first-order chi connectivity index (χ1) is 7.72. The molecule has 16 heavy (non-hydrogen) atoms. The molecule has 1 aromatic heterocycles. The Balaban J connectivity index is 2.30. The number of aromatic nitrogens is 1. The van der Waals surface area contributed by atoms with E-state index in [0.717, 1.165) is 16.5 Å². The Bertz CT molecular complexity index is 504. The van der Waals surface area contributed by atoms with E-state index in [4.69, 9.17) is 5.73 Å². The monoisotopic (exact) mass is 217 g/mol. The van der Waals surface area contributed by atoms with Crippen LogP contribution >= 0.6 is 0 Å². The number of primary amides is 1. The lowest BCUT2D eigenvalue weighted by Crippen LogP contribution is -2.40. The second-order valence-electron chi connectivity index (χ2n) is 3.81. The number of rotatable bonds is 4. The van der Waals surface area contributed by atoms with Crippen molar-refractivity contribution in [3.05, 3.63) is 36.0 Å². The Morgan fingerprint density at radius 1 is 1.50 bits per heavy atom. The molecule has 84 valence electrons. The fraction of sp³-hybridized carbons (Fsp3) is 0.250. The van der Waals surface area contributed by atoms with Crippen molar-refractivity contribution in [2.24, 2.45) is 5.73 Å². The Morgan fingerprint density at radius 3 is 2.94 bits per heavy atom. The number of hydrogen-bond donors (Lipinski definition) is 3. The topological polar surface area (TPSA) is 70.9 Å². The van der Waals surface area contributed by atoms with E-state index in [-0.39, 0.29) is 11.9 Å². The molecule has 0 aliphatic heterocycles. The van der Waals surface area contributed by atoms with Crippen molar-refractivity contribution in [3.8, 4) is 0 Å². The summed E-state index contributed by atoms with van der Waals surface area (Å²) in [5.41, 5.74) is 7.48. The van der Waals surface area contributed by atoms with Crippen LogP contribution in [0.1, 0.15) is 5.56 Å². The maximum atomic E-state index is 11.1. The molecule has 0 aliphatic carbocycles. The Morgan fingerprint density at radius 2 is 2.25 bits per heavy atom. The van der Waals surface area contributed by atoms with Crippen LogP contribution in [-0.2, 0) is 11.2 Å². The first-order valence-corrected chi connectivity index (χ1v) is 5.24. The minimum atomic E-state index is -0.326. The number of carbonyl (C=O) groups is 1. The smallest absolute Gasteiger partial charge is 0.234 e. The molecule has 4 N–H and O–H groups in total. The lowest BCUT2D eigenvalue weighted by atomic mass is 10.0. The number of nitrogens with two attached hydrogens (primary N) is 1. The average molecular weight is 217 g/mol. The van der Waals surface area contributed by atoms with E-state index in [1.165, 1.54) is 0 Å². The second kappa shape index (κ2) is 4.37. The maximum Gasteiger partial charge on any atom is 0.234 e. The third-order valence-corrected chi connectivity index (χ3v) is 2.79. The van der Waals surface area contributed by atoms with Crippen LogP contribution < -0.4 is 11.1 Å². The number of H-pyrrole nitrogens is 1. The van der Waals surface area contributed by atoms with Gasteiger partial charge in [-0.05, 0) is 25.1 Å². The van der Waals surface area contributed by atoms with E-state index in [9.17, 15) is 4.79 Å². The third-order valence-electron chi connectivity index (χ3n) is 2.79. The van der Waals surface area contributed by atoms with Gasteiger partial charge in [-0.1, -0.05) is 18.2 Å². The minimum absolute atomic E-state index is 0.320. The van der Waals surface area contributed by atoms with Crippen LogP contribution in [-0.4, -0.2) is 24.0 Å². The number of aromatic amines is 1. The summed E-state index contributed by atoms with van der Waals surface area (Å²) in [4.78, 5) is 14.3. The number of fused-ring (bicyclic) bond motifs is 1. The average Bonchev–Trinajstić information content (AvgIpc) is 2.69. The molecule has 0 fully saturated rings. The summed E-state index contributed by atoms with van der Waals surface area (Å²) < 4.78 is 0. The molecule has 1 amide bonds. The van der Waals surface area contributed by atoms with Gasteiger partial charge in [-0.3, -0.25) is 4.79 Å². The summed E-state index contributed by atoms with van der Waals surface area (Å²) in [6, 6.07) is 7.69. The van der Waals surface area contributed by atoms with Crippen molar-refractivity contribution in [1.29, 1.82) is 0 Å². The quantitative estimate of drug-likeness (QED) is 0.708. The highest BCUT2D eigenvalue weighted by Crippen LogP contribution is 2.18. The van der Waals surface area contributed by atoms with Crippen molar-refractivity contribution >= 4 is 16.8 Å². The van der Waals surface area contributed by atoms with Gasteiger partial charge in [0.15, 0.2) is 0 Å². The van der Waals surface area contributed by atoms with Crippen LogP contribution in [0.25, 0.3) is 10.9 Å². The van der Waals surface area contributed by atoms with E-state index in [1.807, 2.05) is 30.5 Å². The van der Waals surface area contributed by atoms with Gasteiger partial charge in [-0.15, -0.1) is 0 Å². The third kappa shape index (κ3) is 1.92. The highest BCUT2D eigenvalue weighted by molar-refractivity contribution is 5.85. The summed E-state index contributed by atoms with van der Waals surface area (Å²) in [6.07, 6.45) is 2.54. The van der Waals surface area contributed by atoms with E-state index in [2.05, 4.69) is 10.3 Å². The number of benzene rings is 1. The van der Waals surface area contributed by atoms with Crippen molar-refractivity contribution < 1.29 is 4.79 Å². The summed E-state index contributed by atoms with van der Waals surface area (Å²) in [6.45, 7) is 0. The molecule has 2 aromatic rings. The van der Waals surface area contributed by atoms with E-state index >= 15 is 0 Å². The SMILES string of the molecule is CNC(Cc1c[nH]c2ccccc12)C(N)=O. The van der Waals surface area contributed by atoms with Gasteiger partial charge < -0.3 is 16.0 Å². The predicted molar refractivity (Wildman–Crippen MR) is 64.0 cm³/mol. The van der Waals surface area contributed by atoms with Gasteiger partial charge in [-0.25, -0.2) is 0 Å². The molecule has 0 saturated heterocycles. The van der Waals surface area contributed by atoms with Crippen LogP contribution in [0.15, 0.2) is 30.5 Å². The largest absolute Gasteiger partial charge is 0.368 e. The summed E-state index contributed by atoms with van der Waals surface area (Å²) in [5.74, 6) is -0.326. The molecule has 4 nitrogen and oxygen atoms in total. The van der Waals surface area contributed by atoms with Crippen LogP contribution in [0.5, 0.6) is 0 Å². The van der Waals surface area contributed by atoms with E-state index < -0.39 is 0 Å². The second-order valence-corrected chi connectivity index (χ2v) is 3.81. The Hall–Kier alpha value is -1.81. The van der Waals surface area contributed by atoms with Crippen molar-refractivity contribution in [1.82, 2.24) is 10.3 Å². The number of likely N-dealkylation sites (N-methyl/N-ethyl adjacent to an activating group) is 1. The van der Waals surface area contributed by atoms with Gasteiger partial charge >= 0.3 is 0 Å². The number of carbonyl (C=O) groups excluding carboxylic acids is 1. The minimum Gasteiger partial charge on any atom is -0.368 e. The molecule has 1 atom stereocenters. The number of amides is 1. The molecular weight excluding hydrogens is 202 g/mol. The van der Waals surface area contributed by atoms with E-state index in [0.29, 0.717) is 6.42 Å². The zero-order chi connectivity index (χ0) is 11.5. The van der Waals surface area contributed by atoms with Gasteiger partial charge in [-0.2, -0.15) is 0 Å². The highest BCUT2D eigenvalue weighted by atomic mass is 16.1. The molecule has 1 unspecified atom stereocenters. The molecule has 4 heteroatoms. The van der Waals surface area contributed by atoms with E-state index in [1.54, 1.807) is 7.05 Å². The number of hydrogen-bond acceptors (Lipinski definition) is 2. The molecule has 0 spiro atoms. The van der Waals surface area contributed by atoms with Crippen LogP contribution in [0, 0.1) is 0 Å². The highest BCUT2D eigenvalue weighted by Gasteiger charge is 2.15. The Kier molecular flexibility index (Phi) is 2.92. The van der Waals surface area contributed by atoms with Gasteiger partial charge in [0, 0.05) is 17.1 Å². The maximum absolute atomic E-state index is 11.1. The lowest BCUT2D eigenvalue weighted by Gasteiger charge is -2.10. The molecular formula is C12H15N3O. The summed E-state index contributed by atoms with van der Waals surface area (Å²) in [7, 11) is 1.74. The van der Waals surface area contributed by atoms with Gasteiger partial charge in [0.25, 0.3) is 0 Å². The van der Waals surface area contributed by atoms with Crippen LogP contribution in [0.4, 0.5) is 0 Å². The van der Waals surface area contributed by atoms with Gasteiger partial charge in [0.05, 0.1) is 6.04 Å². The van der Waals surface area contributed by atoms with Crippen molar-refractivity contribution in [2.75, 3.05) is 7.05 Å². The molecule has 0 saturated carbocycles. The van der Waals surface area contributed by atoms with Gasteiger partial charge in [0.1, 0.15) is 0 Å². The van der Waals surface area contributed by atoms with Crippen molar-refractivity contribution in [2.45, 2.75) is 12.5 Å². The zero-order valence-electron chi connectivity index (χ0n) is 9.16. The molecule has 0 radical (unpaired) electrons. The van der Waals surface area contributed by atoms with Crippen LogP contribution in [0.3, 0.4) is 0 Å². The molecule has 0 aliphatic rings. The molecule has 1 heterocycles. The lowest BCUT2D eigenvalue weighted by molar-refractivity contribution is -0.119. The summed E-state index contributed by atoms with van der Waals surface area (Å²) in [5, 5.41) is 4.06. The van der Waals surface area contributed by atoms with Crippen molar-refractivity contribution in [3.63, 3.8) is 0 Å².